The summed E-state index contributed by atoms with van der Waals surface area (Å²) in [7, 11) is 0. The van der Waals surface area contributed by atoms with Crippen LogP contribution in [0, 0.1) is 0 Å². The minimum atomic E-state index is 0.174. The Morgan fingerprint density at radius 2 is 1.58 bits per heavy atom. The lowest BCUT2D eigenvalue weighted by Crippen LogP contribution is -2.39. The number of para-hydroxylation sites is 1. The molecule has 2 aromatic rings. The van der Waals surface area contributed by atoms with Crippen molar-refractivity contribution in [3.8, 4) is 0 Å². The summed E-state index contributed by atoms with van der Waals surface area (Å²) < 4.78 is 0. The molecule has 1 amide bonds. The van der Waals surface area contributed by atoms with Gasteiger partial charge in [-0.25, -0.2) is 0 Å². The van der Waals surface area contributed by atoms with Crippen molar-refractivity contribution in [3.63, 3.8) is 0 Å². The van der Waals surface area contributed by atoms with Crippen molar-refractivity contribution < 1.29 is 4.79 Å². The van der Waals surface area contributed by atoms with E-state index in [4.69, 9.17) is 0 Å². The van der Waals surface area contributed by atoms with E-state index in [1.165, 1.54) is 22.3 Å². The van der Waals surface area contributed by atoms with Crippen LogP contribution in [0.5, 0.6) is 0 Å². The number of carbonyl (C=O) groups is 1. The van der Waals surface area contributed by atoms with E-state index in [1.54, 1.807) is 0 Å². The summed E-state index contributed by atoms with van der Waals surface area (Å²) in [4.78, 5) is 14.8. The predicted octanol–water partition coefficient (Wildman–Crippen LogP) is 4.93. The number of carbonyl (C=O) groups excluding carboxylic acids is 1. The molecule has 3 rings (SSSR count). The number of amides is 1. The van der Waals surface area contributed by atoms with Crippen LogP contribution in [0.15, 0.2) is 42.5 Å². The molecule has 1 heterocycles. The Morgan fingerprint density at radius 3 is 2.19 bits per heavy atom. The third kappa shape index (κ3) is 3.92. The number of hydrogen-bond acceptors (Lipinski definition) is 2. The first-order valence-electron chi connectivity index (χ1n) is 9.68. The number of nitrogens with one attached hydrogen (secondary N) is 1. The monoisotopic (exact) mass is 350 g/mol. The van der Waals surface area contributed by atoms with Crippen molar-refractivity contribution in [1.29, 1.82) is 0 Å². The van der Waals surface area contributed by atoms with E-state index in [0.717, 1.165) is 25.2 Å². The van der Waals surface area contributed by atoms with Crippen LogP contribution in [-0.2, 0) is 17.8 Å². The van der Waals surface area contributed by atoms with Gasteiger partial charge >= 0.3 is 0 Å². The first-order valence-corrected chi connectivity index (χ1v) is 9.68. The average Bonchev–Trinajstić information content (AvgIpc) is 2.65. The molecule has 0 saturated carbocycles. The number of hydrogen-bond donors (Lipinski definition) is 1. The summed E-state index contributed by atoms with van der Waals surface area (Å²) in [6.45, 7) is 10.7. The Morgan fingerprint density at radius 1 is 0.962 bits per heavy atom. The fourth-order valence-electron chi connectivity index (χ4n) is 3.74. The molecule has 138 valence electrons. The maximum Gasteiger partial charge on any atom is 0.242 e. The van der Waals surface area contributed by atoms with Gasteiger partial charge in [0.25, 0.3) is 0 Å². The number of rotatable bonds is 5. The molecule has 1 aliphatic rings. The van der Waals surface area contributed by atoms with Crippen LogP contribution in [-0.4, -0.2) is 23.9 Å². The van der Waals surface area contributed by atoms with Crippen LogP contribution in [0.2, 0.25) is 0 Å². The second-order valence-corrected chi connectivity index (χ2v) is 7.81. The van der Waals surface area contributed by atoms with Gasteiger partial charge in [0, 0.05) is 18.8 Å². The van der Waals surface area contributed by atoms with E-state index in [1.807, 2.05) is 4.90 Å². The zero-order chi connectivity index (χ0) is 18.7. The molecule has 1 aliphatic heterocycles. The second kappa shape index (κ2) is 7.94. The van der Waals surface area contributed by atoms with Crippen molar-refractivity contribution in [1.82, 2.24) is 4.90 Å². The normalized spacial score (nSPS) is 13.8. The molecular formula is C23H30N2O. The third-order valence-corrected chi connectivity index (χ3v) is 5.27. The quantitative estimate of drug-likeness (QED) is 0.829. The van der Waals surface area contributed by atoms with Crippen molar-refractivity contribution >= 4 is 11.6 Å². The van der Waals surface area contributed by atoms with E-state index >= 15 is 0 Å². The summed E-state index contributed by atoms with van der Waals surface area (Å²) in [5.41, 5.74) is 6.36. The number of fused-ring (bicyclic) bond motifs is 1. The molecule has 3 nitrogen and oxygen atoms in total. The molecule has 0 aliphatic carbocycles. The average molecular weight is 351 g/mol. The number of benzene rings is 2. The lowest BCUT2D eigenvalue weighted by Gasteiger charge is -2.29. The Bertz CT molecular complexity index is 753. The van der Waals surface area contributed by atoms with Gasteiger partial charge in [0.1, 0.15) is 0 Å². The van der Waals surface area contributed by atoms with E-state index in [0.29, 0.717) is 18.4 Å². The Hall–Kier alpha value is -2.29. The molecule has 0 atom stereocenters. The predicted molar refractivity (Wildman–Crippen MR) is 109 cm³/mol. The van der Waals surface area contributed by atoms with Crippen molar-refractivity contribution in [2.24, 2.45) is 0 Å². The Labute approximate surface area is 157 Å². The summed E-state index contributed by atoms with van der Waals surface area (Å²) in [6, 6.07) is 14.9. The minimum Gasteiger partial charge on any atom is -0.376 e. The van der Waals surface area contributed by atoms with Crippen molar-refractivity contribution in [2.45, 2.75) is 52.5 Å². The molecule has 0 fully saturated rings. The van der Waals surface area contributed by atoms with Crippen LogP contribution in [0.3, 0.4) is 0 Å². The fourth-order valence-corrected chi connectivity index (χ4v) is 3.74. The molecule has 2 aromatic carbocycles. The SMILES string of the molecule is CC(C)c1cccc(C(C)C)c1NCC(=O)N1CCc2ccccc2C1. The summed E-state index contributed by atoms with van der Waals surface area (Å²) in [5, 5.41) is 3.47. The molecule has 3 heteroatoms. The van der Waals surface area contributed by atoms with E-state index < -0.39 is 0 Å². The van der Waals surface area contributed by atoms with Gasteiger partial charge < -0.3 is 10.2 Å². The zero-order valence-electron chi connectivity index (χ0n) is 16.4. The maximum absolute atomic E-state index is 12.8. The van der Waals surface area contributed by atoms with Gasteiger partial charge in [0.15, 0.2) is 0 Å². The fraction of sp³-hybridized carbons (Fsp3) is 0.435. The van der Waals surface area contributed by atoms with E-state index in [9.17, 15) is 4.79 Å². The topological polar surface area (TPSA) is 32.3 Å². The van der Waals surface area contributed by atoms with Gasteiger partial charge in [-0.2, -0.15) is 0 Å². The lowest BCUT2D eigenvalue weighted by atomic mass is 9.92. The van der Waals surface area contributed by atoms with Gasteiger partial charge in [-0.1, -0.05) is 70.2 Å². The Kier molecular flexibility index (Phi) is 5.65. The highest BCUT2D eigenvalue weighted by atomic mass is 16.2. The van der Waals surface area contributed by atoms with Gasteiger partial charge in [-0.3, -0.25) is 4.79 Å². The van der Waals surface area contributed by atoms with Gasteiger partial charge in [0.2, 0.25) is 5.91 Å². The molecule has 26 heavy (non-hydrogen) atoms. The first kappa shape index (κ1) is 18.5. The molecule has 0 radical (unpaired) electrons. The molecule has 0 spiro atoms. The van der Waals surface area contributed by atoms with Crippen LogP contribution < -0.4 is 5.32 Å². The molecular weight excluding hydrogens is 320 g/mol. The first-order chi connectivity index (χ1) is 12.5. The van der Waals surface area contributed by atoms with Gasteiger partial charge in [0.05, 0.1) is 6.54 Å². The number of nitrogens with zero attached hydrogens (tertiary/aromatic N) is 1. The molecule has 1 N–H and O–H groups in total. The van der Waals surface area contributed by atoms with Gasteiger partial charge in [-0.15, -0.1) is 0 Å². The Balaban J connectivity index is 1.72. The highest BCUT2D eigenvalue weighted by molar-refractivity contribution is 5.82. The number of anilines is 1. The minimum absolute atomic E-state index is 0.174. The highest BCUT2D eigenvalue weighted by Crippen LogP contribution is 2.32. The standard InChI is InChI=1S/C23H30N2O/c1-16(2)20-10-7-11-21(17(3)4)23(20)24-14-22(26)25-13-12-18-8-5-6-9-19(18)15-25/h5-11,16-17,24H,12-15H2,1-4H3. The third-order valence-electron chi connectivity index (χ3n) is 5.27. The summed E-state index contributed by atoms with van der Waals surface area (Å²) in [6.07, 6.45) is 0.946. The van der Waals surface area contributed by atoms with Crippen LogP contribution in [0.1, 0.15) is 61.8 Å². The van der Waals surface area contributed by atoms with E-state index in [2.05, 4.69) is 75.5 Å². The zero-order valence-corrected chi connectivity index (χ0v) is 16.4. The van der Waals surface area contributed by atoms with Crippen molar-refractivity contribution in [2.75, 3.05) is 18.4 Å². The molecule has 0 bridgehead atoms. The smallest absolute Gasteiger partial charge is 0.242 e. The van der Waals surface area contributed by atoms with Gasteiger partial charge in [-0.05, 0) is 40.5 Å². The lowest BCUT2D eigenvalue weighted by molar-refractivity contribution is -0.130. The van der Waals surface area contributed by atoms with Crippen LogP contribution in [0.25, 0.3) is 0 Å². The van der Waals surface area contributed by atoms with Crippen LogP contribution >= 0.6 is 0 Å². The molecule has 0 saturated heterocycles. The van der Waals surface area contributed by atoms with Crippen LogP contribution in [0.4, 0.5) is 5.69 Å². The highest BCUT2D eigenvalue weighted by Gasteiger charge is 2.21. The second-order valence-electron chi connectivity index (χ2n) is 7.81. The summed E-state index contributed by atoms with van der Waals surface area (Å²) >= 11 is 0. The maximum atomic E-state index is 12.8. The van der Waals surface area contributed by atoms with E-state index in [-0.39, 0.29) is 5.91 Å². The molecule has 0 aromatic heterocycles. The van der Waals surface area contributed by atoms with Crippen molar-refractivity contribution in [3.05, 3.63) is 64.7 Å². The molecule has 0 unspecified atom stereocenters. The summed E-state index contributed by atoms with van der Waals surface area (Å²) in [5.74, 6) is 1.02. The largest absolute Gasteiger partial charge is 0.376 e.